The average Bonchev–Trinajstić information content (AvgIpc) is 2.91. The molecule has 0 radical (unpaired) electrons. The molecule has 110 valence electrons. The maximum Gasteiger partial charge on any atom is 0.127 e. The number of hydrogen-bond donors (Lipinski definition) is 1. The van der Waals surface area contributed by atoms with Crippen LogP contribution in [0.3, 0.4) is 0 Å². The Balaban J connectivity index is 1.91. The van der Waals surface area contributed by atoms with Gasteiger partial charge >= 0.3 is 0 Å². The lowest BCUT2D eigenvalue weighted by molar-refractivity contribution is 0.116. The zero-order valence-electron chi connectivity index (χ0n) is 12.5. The quantitative estimate of drug-likeness (QED) is 0.916. The third-order valence-corrected chi connectivity index (χ3v) is 4.42. The minimum absolute atomic E-state index is 0.345. The van der Waals surface area contributed by atoms with Crippen LogP contribution in [0.1, 0.15) is 43.9 Å². The standard InChI is InChI=1S/C17H25NO2/c1-3-18-16(14-10-12(2)20-11-14)15-8-4-6-13-7-5-9-19-17(13)15/h4,6,8,12,14,16,18H,3,5,7,9-11H2,1-2H3. The number of benzene rings is 1. The highest BCUT2D eigenvalue weighted by atomic mass is 16.5. The van der Waals surface area contributed by atoms with Gasteiger partial charge in [0.2, 0.25) is 0 Å². The van der Waals surface area contributed by atoms with E-state index in [1.165, 1.54) is 11.1 Å². The van der Waals surface area contributed by atoms with Gasteiger partial charge in [0, 0.05) is 17.5 Å². The summed E-state index contributed by atoms with van der Waals surface area (Å²) in [6, 6.07) is 6.94. The summed E-state index contributed by atoms with van der Waals surface area (Å²) < 4.78 is 11.8. The molecule has 0 saturated carbocycles. The molecule has 1 aromatic carbocycles. The van der Waals surface area contributed by atoms with Gasteiger partial charge in [-0.25, -0.2) is 0 Å². The zero-order chi connectivity index (χ0) is 13.9. The normalized spacial score (nSPS) is 26.9. The van der Waals surface area contributed by atoms with E-state index in [2.05, 4.69) is 37.4 Å². The highest BCUT2D eigenvalue weighted by Gasteiger charge is 2.32. The number of aryl methyl sites for hydroxylation is 1. The molecule has 0 aromatic heterocycles. The van der Waals surface area contributed by atoms with Crippen LogP contribution in [-0.2, 0) is 11.2 Å². The molecule has 1 aromatic rings. The smallest absolute Gasteiger partial charge is 0.127 e. The monoisotopic (exact) mass is 275 g/mol. The summed E-state index contributed by atoms with van der Waals surface area (Å²) in [4.78, 5) is 0. The fourth-order valence-corrected chi connectivity index (χ4v) is 3.49. The molecule has 0 aliphatic carbocycles. The van der Waals surface area contributed by atoms with Crippen molar-refractivity contribution < 1.29 is 9.47 Å². The zero-order valence-corrected chi connectivity index (χ0v) is 12.5. The van der Waals surface area contributed by atoms with Gasteiger partial charge in [-0.05, 0) is 38.3 Å². The average molecular weight is 275 g/mol. The molecule has 3 nitrogen and oxygen atoms in total. The van der Waals surface area contributed by atoms with Crippen molar-refractivity contribution in [1.82, 2.24) is 5.32 Å². The van der Waals surface area contributed by atoms with Crippen LogP contribution < -0.4 is 10.1 Å². The van der Waals surface area contributed by atoms with Gasteiger partial charge in [-0.15, -0.1) is 0 Å². The van der Waals surface area contributed by atoms with Crippen molar-refractivity contribution in [3.8, 4) is 5.75 Å². The summed E-state index contributed by atoms with van der Waals surface area (Å²) in [5.41, 5.74) is 2.69. The highest BCUT2D eigenvalue weighted by Crippen LogP contribution is 2.39. The SMILES string of the molecule is CCNC(c1cccc2c1OCCC2)C1COC(C)C1. The number of fused-ring (bicyclic) bond motifs is 1. The number of hydrogen-bond acceptors (Lipinski definition) is 3. The van der Waals surface area contributed by atoms with Crippen molar-refractivity contribution in [3.63, 3.8) is 0 Å². The maximum atomic E-state index is 5.99. The second-order valence-corrected chi connectivity index (χ2v) is 5.96. The van der Waals surface area contributed by atoms with Crippen LogP contribution in [0.5, 0.6) is 5.75 Å². The van der Waals surface area contributed by atoms with E-state index in [1.807, 2.05) is 0 Å². The van der Waals surface area contributed by atoms with E-state index in [4.69, 9.17) is 9.47 Å². The Morgan fingerprint density at radius 1 is 1.40 bits per heavy atom. The molecule has 0 spiro atoms. The Kier molecular flexibility index (Phi) is 4.27. The number of rotatable bonds is 4. The van der Waals surface area contributed by atoms with Crippen LogP contribution in [0.25, 0.3) is 0 Å². The van der Waals surface area contributed by atoms with Crippen molar-refractivity contribution >= 4 is 0 Å². The van der Waals surface area contributed by atoms with Crippen LogP contribution in [0, 0.1) is 5.92 Å². The fourth-order valence-electron chi connectivity index (χ4n) is 3.49. The van der Waals surface area contributed by atoms with E-state index in [0.717, 1.165) is 44.8 Å². The molecule has 1 fully saturated rings. The summed E-state index contributed by atoms with van der Waals surface area (Å²) >= 11 is 0. The Hall–Kier alpha value is -1.06. The van der Waals surface area contributed by atoms with Gasteiger partial charge in [-0.1, -0.05) is 25.1 Å². The van der Waals surface area contributed by atoms with E-state index in [9.17, 15) is 0 Å². The van der Waals surface area contributed by atoms with E-state index >= 15 is 0 Å². The van der Waals surface area contributed by atoms with E-state index < -0.39 is 0 Å². The molecule has 20 heavy (non-hydrogen) atoms. The maximum absolute atomic E-state index is 5.99. The number of nitrogens with one attached hydrogen (secondary N) is 1. The molecule has 1 saturated heterocycles. The third-order valence-electron chi connectivity index (χ3n) is 4.42. The molecular formula is C17H25NO2. The van der Waals surface area contributed by atoms with E-state index in [0.29, 0.717) is 18.1 Å². The number of ether oxygens (including phenoxy) is 2. The molecule has 2 heterocycles. The second kappa shape index (κ2) is 6.15. The minimum Gasteiger partial charge on any atom is -0.493 e. The van der Waals surface area contributed by atoms with Gasteiger partial charge in [0.1, 0.15) is 5.75 Å². The molecule has 3 rings (SSSR count). The van der Waals surface area contributed by atoms with Crippen LogP contribution in [0.2, 0.25) is 0 Å². The molecule has 3 unspecified atom stereocenters. The van der Waals surface area contributed by atoms with Gasteiger partial charge in [0.05, 0.1) is 19.3 Å². The van der Waals surface area contributed by atoms with Crippen molar-refractivity contribution in [1.29, 1.82) is 0 Å². The molecule has 2 aliphatic heterocycles. The van der Waals surface area contributed by atoms with E-state index in [1.54, 1.807) is 0 Å². The summed E-state index contributed by atoms with van der Waals surface area (Å²) in [7, 11) is 0. The van der Waals surface area contributed by atoms with Crippen molar-refractivity contribution in [2.24, 2.45) is 5.92 Å². The Morgan fingerprint density at radius 3 is 3.05 bits per heavy atom. The van der Waals surface area contributed by atoms with Crippen LogP contribution in [0.4, 0.5) is 0 Å². The fraction of sp³-hybridized carbons (Fsp3) is 0.647. The van der Waals surface area contributed by atoms with Gasteiger partial charge in [-0.3, -0.25) is 0 Å². The second-order valence-electron chi connectivity index (χ2n) is 5.96. The molecule has 1 N–H and O–H groups in total. The summed E-state index contributed by atoms with van der Waals surface area (Å²) in [6.45, 7) is 7.00. The van der Waals surface area contributed by atoms with Gasteiger partial charge in [0.15, 0.2) is 0 Å². The topological polar surface area (TPSA) is 30.5 Å². The van der Waals surface area contributed by atoms with Crippen molar-refractivity contribution in [2.75, 3.05) is 19.8 Å². The first-order valence-corrected chi connectivity index (χ1v) is 7.89. The third kappa shape index (κ3) is 2.70. The molecule has 3 atom stereocenters. The predicted octanol–water partition coefficient (Wildman–Crippen LogP) is 3.09. The Morgan fingerprint density at radius 2 is 2.30 bits per heavy atom. The summed E-state index contributed by atoms with van der Waals surface area (Å²) in [5, 5.41) is 3.65. The van der Waals surface area contributed by atoms with Crippen LogP contribution in [0.15, 0.2) is 18.2 Å². The largest absolute Gasteiger partial charge is 0.493 e. The lowest BCUT2D eigenvalue weighted by atomic mass is 9.88. The molecular weight excluding hydrogens is 250 g/mol. The molecule has 0 amide bonds. The van der Waals surface area contributed by atoms with Gasteiger partial charge in [-0.2, -0.15) is 0 Å². The lowest BCUT2D eigenvalue weighted by Crippen LogP contribution is -2.30. The summed E-state index contributed by atoms with van der Waals surface area (Å²) in [6.07, 6.45) is 3.77. The van der Waals surface area contributed by atoms with E-state index in [-0.39, 0.29) is 0 Å². The van der Waals surface area contributed by atoms with Crippen molar-refractivity contribution in [3.05, 3.63) is 29.3 Å². The number of para-hydroxylation sites is 1. The lowest BCUT2D eigenvalue weighted by Gasteiger charge is -2.28. The highest BCUT2D eigenvalue weighted by molar-refractivity contribution is 5.44. The summed E-state index contributed by atoms with van der Waals surface area (Å²) in [5.74, 6) is 1.67. The minimum atomic E-state index is 0.345. The van der Waals surface area contributed by atoms with Gasteiger partial charge < -0.3 is 14.8 Å². The van der Waals surface area contributed by atoms with Crippen LogP contribution in [-0.4, -0.2) is 25.9 Å². The molecule has 3 heteroatoms. The van der Waals surface area contributed by atoms with Gasteiger partial charge in [0.25, 0.3) is 0 Å². The van der Waals surface area contributed by atoms with Crippen LogP contribution >= 0.6 is 0 Å². The predicted molar refractivity (Wildman–Crippen MR) is 80.2 cm³/mol. The van der Waals surface area contributed by atoms with Crippen molar-refractivity contribution in [2.45, 2.75) is 45.3 Å². The first-order chi connectivity index (χ1) is 9.79. The molecule has 2 aliphatic rings. The molecule has 0 bridgehead atoms. The Labute approximate surface area is 121 Å². The Bertz CT molecular complexity index is 460. The first-order valence-electron chi connectivity index (χ1n) is 7.89. The first kappa shape index (κ1) is 13.9.